The number of piperidine rings is 1. The van der Waals surface area contributed by atoms with E-state index in [1.54, 1.807) is 4.90 Å². The zero-order valence-corrected chi connectivity index (χ0v) is 21.2. The molecule has 0 spiro atoms. The molecule has 2 amide bonds. The largest absolute Gasteiger partial charge is 0.444 e. The molecule has 2 saturated heterocycles. The predicted molar refractivity (Wildman–Crippen MR) is 131 cm³/mol. The van der Waals surface area contributed by atoms with E-state index in [4.69, 9.17) is 4.42 Å². The van der Waals surface area contributed by atoms with Crippen LogP contribution < -0.4 is 0 Å². The molecule has 2 aliphatic heterocycles. The summed E-state index contributed by atoms with van der Waals surface area (Å²) in [5.74, 6) is 1.69. The Bertz CT molecular complexity index is 1010. The number of rotatable bonds is 4. The fourth-order valence-electron chi connectivity index (χ4n) is 5.02. The van der Waals surface area contributed by atoms with Crippen molar-refractivity contribution in [2.24, 2.45) is 5.92 Å². The van der Waals surface area contributed by atoms with Crippen LogP contribution in [0.1, 0.15) is 68.9 Å². The molecular weight excluding hydrogens is 428 g/mol. The Morgan fingerprint density at radius 2 is 1.85 bits per heavy atom. The maximum absolute atomic E-state index is 13.7. The molecule has 184 valence electrons. The molecule has 0 aliphatic carbocycles. The summed E-state index contributed by atoms with van der Waals surface area (Å²) < 4.78 is 5.98. The van der Waals surface area contributed by atoms with Crippen LogP contribution in [0.4, 0.5) is 0 Å². The van der Waals surface area contributed by atoms with Gasteiger partial charge in [0.2, 0.25) is 17.7 Å². The van der Waals surface area contributed by atoms with Gasteiger partial charge >= 0.3 is 0 Å². The smallest absolute Gasteiger partial charge is 0.228 e. The van der Waals surface area contributed by atoms with Crippen molar-refractivity contribution >= 4 is 11.8 Å². The Morgan fingerprint density at radius 3 is 2.53 bits per heavy atom. The third-order valence-electron chi connectivity index (χ3n) is 7.15. The molecule has 2 fully saturated rings. The van der Waals surface area contributed by atoms with E-state index in [1.165, 1.54) is 5.56 Å². The molecule has 2 atom stereocenters. The number of aryl methyl sites for hydroxylation is 1. The molecule has 1 aromatic heterocycles. The molecule has 2 aromatic rings. The molecule has 4 rings (SSSR count). The van der Waals surface area contributed by atoms with Crippen molar-refractivity contribution in [3.63, 3.8) is 0 Å². The van der Waals surface area contributed by atoms with Crippen molar-refractivity contribution in [1.29, 1.82) is 0 Å². The minimum Gasteiger partial charge on any atom is -0.444 e. The summed E-state index contributed by atoms with van der Waals surface area (Å²) in [5.41, 5.74) is 2.15. The van der Waals surface area contributed by atoms with Gasteiger partial charge in [-0.25, -0.2) is 4.98 Å². The average Bonchev–Trinajstić information content (AvgIpc) is 3.15. The van der Waals surface area contributed by atoms with Gasteiger partial charge in [0.25, 0.3) is 0 Å². The Labute approximate surface area is 203 Å². The first-order valence-corrected chi connectivity index (χ1v) is 12.4. The maximum atomic E-state index is 13.7. The van der Waals surface area contributed by atoms with Crippen LogP contribution in [0.2, 0.25) is 0 Å². The van der Waals surface area contributed by atoms with E-state index in [1.807, 2.05) is 25.1 Å². The molecule has 0 saturated carbocycles. The number of benzene rings is 1. The van der Waals surface area contributed by atoms with E-state index in [0.717, 1.165) is 43.3 Å². The summed E-state index contributed by atoms with van der Waals surface area (Å²) in [6.45, 7) is 12.2. The second-order valence-corrected chi connectivity index (χ2v) is 10.8. The number of aromatic nitrogens is 1. The van der Waals surface area contributed by atoms with Gasteiger partial charge in [0, 0.05) is 45.1 Å². The second-order valence-electron chi connectivity index (χ2n) is 10.8. The lowest BCUT2D eigenvalue weighted by molar-refractivity contribution is -0.146. The summed E-state index contributed by atoms with van der Waals surface area (Å²) in [5, 5.41) is 0. The molecule has 0 N–H and O–H groups in total. The van der Waals surface area contributed by atoms with Crippen LogP contribution in [-0.4, -0.2) is 64.7 Å². The number of nitrogens with zero attached hydrogens (tertiary/aromatic N) is 4. The van der Waals surface area contributed by atoms with Gasteiger partial charge in [-0.15, -0.1) is 0 Å². The molecule has 2 aliphatic rings. The van der Waals surface area contributed by atoms with Crippen LogP contribution in [-0.2, 0) is 21.5 Å². The molecular formula is C27H38N4O3. The van der Waals surface area contributed by atoms with Gasteiger partial charge in [0.15, 0.2) is 0 Å². The normalized spacial score (nSPS) is 22.7. The van der Waals surface area contributed by atoms with Crippen LogP contribution in [0.3, 0.4) is 0 Å². The quantitative estimate of drug-likeness (QED) is 0.683. The summed E-state index contributed by atoms with van der Waals surface area (Å²) in [4.78, 5) is 36.8. The zero-order valence-electron chi connectivity index (χ0n) is 21.2. The molecule has 7 heteroatoms. The fourth-order valence-corrected chi connectivity index (χ4v) is 5.02. The van der Waals surface area contributed by atoms with Gasteiger partial charge in [-0.3, -0.25) is 14.5 Å². The van der Waals surface area contributed by atoms with E-state index in [9.17, 15) is 9.59 Å². The minimum absolute atomic E-state index is 0.0597. The van der Waals surface area contributed by atoms with E-state index in [0.29, 0.717) is 25.9 Å². The van der Waals surface area contributed by atoms with E-state index in [2.05, 4.69) is 54.9 Å². The third kappa shape index (κ3) is 5.35. The standard InChI is InChI=1S/C27H38N4O3/c1-19-7-9-20(10-8-19)25-21(11-12-24(32)29(25)5)26(33)31-14-6-13-30(15-16-31)18-23-28-17-22(34-23)27(2,3)4/h7-10,17,21,25H,6,11-16,18H2,1-5H3. The van der Waals surface area contributed by atoms with Gasteiger partial charge in [-0.1, -0.05) is 50.6 Å². The zero-order chi connectivity index (χ0) is 24.5. The third-order valence-corrected chi connectivity index (χ3v) is 7.15. The van der Waals surface area contributed by atoms with E-state index < -0.39 is 0 Å². The molecule has 1 aromatic carbocycles. The lowest BCUT2D eigenvalue weighted by Crippen LogP contribution is -2.48. The minimum atomic E-state index is -0.211. The van der Waals surface area contributed by atoms with Gasteiger partial charge in [-0.2, -0.15) is 0 Å². The molecule has 34 heavy (non-hydrogen) atoms. The maximum Gasteiger partial charge on any atom is 0.228 e. The molecule has 2 unspecified atom stereocenters. The van der Waals surface area contributed by atoms with Gasteiger partial charge in [-0.05, 0) is 25.3 Å². The van der Waals surface area contributed by atoms with Crippen molar-refractivity contribution in [2.75, 3.05) is 33.2 Å². The Kier molecular flexibility index (Phi) is 7.12. The number of carbonyl (C=O) groups excluding carboxylic acids is 2. The number of oxazole rings is 1. The lowest BCUT2D eigenvalue weighted by atomic mass is 9.83. The average molecular weight is 467 g/mol. The van der Waals surface area contributed by atoms with Crippen LogP contribution in [0.5, 0.6) is 0 Å². The highest BCUT2D eigenvalue weighted by Gasteiger charge is 2.40. The van der Waals surface area contributed by atoms with Crippen molar-refractivity contribution in [3.8, 4) is 0 Å². The van der Waals surface area contributed by atoms with Gasteiger partial charge < -0.3 is 14.2 Å². The van der Waals surface area contributed by atoms with Crippen molar-refractivity contribution in [3.05, 3.63) is 53.2 Å². The fraction of sp³-hybridized carbons (Fsp3) is 0.593. The first-order chi connectivity index (χ1) is 16.1. The van der Waals surface area contributed by atoms with E-state index >= 15 is 0 Å². The van der Waals surface area contributed by atoms with E-state index in [-0.39, 0.29) is 29.2 Å². The summed E-state index contributed by atoms with van der Waals surface area (Å²) >= 11 is 0. The summed E-state index contributed by atoms with van der Waals surface area (Å²) in [6.07, 6.45) is 3.77. The number of hydrogen-bond acceptors (Lipinski definition) is 5. The number of amides is 2. The summed E-state index contributed by atoms with van der Waals surface area (Å²) in [7, 11) is 1.83. The Balaban J connectivity index is 1.43. The Hall–Kier alpha value is -2.67. The van der Waals surface area contributed by atoms with Crippen LogP contribution in [0, 0.1) is 12.8 Å². The molecule has 3 heterocycles. The lowest BCUT2D eigenvalue weighted by Gasteiger charge is -2.40. The first kappa shape index (κ1) is 24.5. The Morgan fingerprint density at radius 1 is 1.12 bits per heavy atom. The topological polar surface area (TPSA) is 69.9 Å². The second kappa shape index (κ2) is 9.90. The SMILES string of the molecule is Cc1ccc(C2C(C(=O)N3CCCN(Cc4ncc(C(C)(C)C)o4)CC3)CCC(=O)N2C)cc1. The number of likely N-dealkylation sites (tertiary alicyclic amines) is 1. The van der Waals surface area contributed by atoms with Gasteiger partial charge in [0.1, 0.15) is 5.76 Å². The first-order valence-electron chi connectivity index (χ1n) is 12.4. The predicted octanol–water partition coefficient (Wildman–Crippen LogP) is 3.92. The van der Waals surface area contributed by atoms with Crippen molar-refractivity contribution < 1.29 is 14.0 Å². The molecule has 0 bridgehead atoms. The summed E-state index contributed by atoms with van der Waals surface area (Å²) in [6, 6.07) is 8.02. The number of hydrogen-bond donors (Lipinski definition) is 0. The molecule has 0 radical (unpaired) electrons. The van der Waals surface area contributed by atoms with Crippen LogP contribution in [0.25, 0.3) is 0 Å². The highest BCUT2D eigenvalue weighted by molar-refractivity contribution is 5.85. The number of carbonyl (C=O) groups is 2. The van der Waals surface area contributed by atoms with Crippen LogP contribution >= 0.6 is 0 Å². The molecule has 7 nitrogen and oxygen atoms in total. The van der Waals surface area contributed by atoms with Crippen molar-refractivity contribution in [1.82, 2.24) is 19.7 Å². The van der Waals surface area contributed by atoms with Crippen LogP contribution in [0.15, 0.2) is 34.9 Å². The highest BCUT2D eigenvalue weighted by atomic mass is 16.4. The van der Waals surface area contributed by atoms with Gasteiger partial charge in [0.05, 0.1) is 24.7 Å². The highest BCUT2D eigenvalue weighted by Crippen LogP contribution is 2.37. The van der Waals surface area contributed by atoms with Crippen molar-refractivity contribution in [2.45, 2.75) is 65.0 Å². The monoisotopic (exact) mass is 466 g/mol.